The molecule has 0 aliphatic rings. The van der Waals surface area contributed by atoms with E-state index in [0.717, 1.165) is 5.56 Å². The molecule has 5 heteroatoms. The largest absolute Gasteiger partial charge is 0.349 e. The Labute approximate surface area is 106 Å². The topological polar surface area (TPSA) is 32.3 Å². The predicted octanol–water partition coefficient (Wildman–Crippen LogP) is 2.19. The number of nitrogens with one attached hydrogen (secondary N) is 1. The summed E-state index contributed by atoms with van der Waals surface area (Å²) in [6, 6.07) is 6.18. The maximum atomic E-state index is 12.3. The van der Waals surface area contributed by atoms with Crippen LogP contribution in [0.4, 0.5) is 8.78 Å². The second kappa shape index (κ2) is 7.06. The van der Waals surface area contributed by atoms with Gasteiger partial charge in [-0.05, 0) is 5.56 Å². The fourth-order valence-electron chi connectivity index (χ4n) is 1.43. The van der Waals surface area contributed by atoms with Gasteiger partial charge >= 0.3 is 0 Å². The van der Waals surface area contributed by atoms with E-state index in [0.29, 0.717) is 19.5 Å². The molecule has 1 aromatic rings. The van der Waals surface area contributed by atoms with Crippen LogP contribution < -0.4 is 5.32 Å². The molecular weight excluding hydrogens is 238 g/mol. The summed E-state index contributed by atoms with van der Waals surface area (Å²) < 4.78 is 24.6. The van der Waals surface area contributed by atoms with Gasteiger partial charge in [-0.3, -0.25) is 4.79 Å². The standard InChI is InChI=1S/C13H18F2N2O/c1-17(2)12(18)7-8-16-9-10-3-5-11(6-4-10)13(14)15/h3-6,13,16H,7-9H2,1-2H3. The molecular formula is C13H18F2N2O. The Morgan fingerprint density at radius 3 is 2.39 bits per heavy atom. The monoisotopic (exact) mass is 256 g/mol. The summed E-state index contributed by atoms with van der Waals surface area (Å²) in [7, 11) is 3.43. The average molecular weight is 256 g/mol. The van der Waals surface area contributed by atoms with Crippen LogP contribution in [0, 0.1) is 0 Å². The van der Waals surface area contributed by atoms with E-state index in [4.69, 9.17) is 0 Å². The maximum Gasteiger partial charge on any atom is 0.263 e. The summed E-state index contributed by atoms with van der Waals surface area (Å²) in [5.74, 6) is 0.0653. The van der Waals surface area contributed by atoms with Gasteiger partial charge in [-0.2, -0.15) is 0 Å². The number of nitrogens with zero attached hydrogens (tertiary/aromatic N) is 1. The fraction of sp³-hybridized carbons (Fsp3) is 0.462. The molecule has 0 aromatic heterocycles. The summed E-state index contributed by atoms with van der Waals surface area (Å²) in [5.41, 5.74) is 0.957. The molecule has 0 saturated carbocycles. The Bertz CT molecular complexity index is 377. The molecule has 0 aliphatic carbocycles. The first-order valence-electron chi connectivity index (χ1n) is 5.78. The molecule has 0 bridgehead atoms. The molecule has 0 atom stereocenters. The normalized spacial score (nSPS) is 10.7. The molecule has 1 N–H and O–H groups in total. The SMILES string of the molecule is CN(C)C(=O)CCNCc1ccc(C(F)F)cc1. The molecule has 1 aromatic carbocycles. The summed E-state index contributed by atoms with van der Waals surface area (Å²) in [6.45, 7) is 1.15. The lowest BCUT2D eigenvalue weighted by atomic mass is 10.1. The fourth-order valence-corrected chi connectivity index (χ4v) is 1.43. The van der Waals surface area contributed by atoms with Crippen LogP contribution in [0.5, 0.6) is 0 Å². The third-order valence-corrected chi connectivity index (χ3v) is 2.58. The highest BCUT2D eigenvalue weighted by Gasteiger charge is 2.06. The quantitative estimate of drug-likeness (QED) is 0.791. The Kier molecular flexibility index (Phi) is 5.71. The Morgan fingerprint density at radius 2 is 1.89 bits per heavy atom. The lowest BCUT2D eigenvalue weighted by molar-refractivity contribution is -0.128. The van der Waals surface area contributed by atoms with Gasteiger partial charge in [0.15, 0.2) is 0 Å². The molecule has 100 valence electrons. The van der Waals surface area contributed by atoms with E-state index < -0.39 is 6.43 Å². The molecule has 1 amide bonds. The number of hydrogen-bond acceptors (Lipinski definition) is 2. The van der Waals surface area contributed by atoms with Crippen molar-refractivity contribution in [3.05, 3.63) is 35.4 Å². The molecule has 0 unspecified atom stereocenters. The number of carbonyl (C=O) groups excluding carboxylic acids is 1. The zero-order valence-electron chi connectivity index (χ0n) is 10.6. The van der Waals surface area contributed by atoms with Gasteiger partial charge in [0.2, 0.25) is 5.91 Å². The lowest BCUT2D eigenvalue weighted by Gasteiger charge is -2.10. The Morgan fingerprint density at radius 1 is 1.28 bits per heavy atom. The van der Waals surface area contributed by atoms with Crippen molar-refractivity contribution in [1.29, 1.82) is 0 Å². The van der Waals surface area contributed by atoms with Crippen molar-refractivity contribution in [2.45, 2.75) is 19.4 Å². The van der Waals surface area contributed by atoms with Crippen LogP contribution in [0.15, 0.2) is 24.3 Å². The number of alkyl halides is 2. The van der Waals surface area contributed by atoms with E-state index in [9.17, 15) is 13.6 Å². The van der Waals surface area contributed by atoms with Crippen LogP contribution in [0.1, 0.15) is 24.0 Å². The van der Waals surface area contributed by atoms with Crippen LogP contribution in [-0.4, -0.2) is 31.4 Å². The van der Waals surface area contributed by atoms with Crippen molar-refractivity contribution in [1.82, 2.24) is 10.2 Å². The second-order valence-electron chi connectivity index (χ2n) is 4.26. The maximum absolute atomic E-state index is 12.3. The highest BCUT2D eigenvalue weighted by molar-refractivity contribution is 5.75. The molecule has 0 radical (unpaired) electrons. The van der Waals surface area contributed by atoms with E-state index in [-0.39, 0.29) is 11.5 Å². The van der Waals surface area contributed by atoms with Crippen molar-refractivity contribution in [3.63, 3.8) is 0 Å². The number of hydrogen-bond donors (Lipinski definition) is 1. The van der Waals surface area contributed by atoms with Gasteiger partial charge in [0.1, 0.15) is 0 Å². The first-order chi connectivity index (χ1) is 8.50. The summed E-state index contributed by atoms with van der Waals surface area (Å²) in [6.07, 6.45) is -1.99. The molecule has 1 rings (SSSR count). The molecule has 0 spiro atoms. The summed E-state index contributed by atoms with van der Waals surface area (Å²) >= 11 is 0. The molecule has 0 aliphatic heterocycles. The predicted molar refractivity (Wildman–Crippen MR) is 66.4 cm³/mol. The number of rotatable bonds is 6. The average Bonchev–Trinajstić information content (AvgIpc) is 2.34. The van der Waals surface area contributed by atoms with Crippen molar-refractivity contribution >= 4 is 5.91 Å². The lowest BCUT2D eigenvalue weighted by Crippen LogP contribution is -2.26. The van der Waals surface area contributed by atoms with Crippen molar-refractivity contribution in [2.24, 2.45) is 0 Å². The van der Waals surface area contributed by atoms with Gasteiger partial charge < -0.3 is 10.2 Å². The van der Waals surface area contributed by atoms with Crippen LogP contribution in [0.25, 0.3) is 0 Å². The third kappa shape index (κ3) is 4.79. The molecule has 0 heterocycles. The Balaban J connectivity index is 2.29. The molecule has 0 fully saturated rings. The minimum atomic E-state index is -2.43. The highest BCUT2D eigenvalue weighted by atomic mass is 19.3. The van der Waals surface area contributed by atoms with Crippen LogP contribution in [-0.2, 0) is 11.3 Å². The van der Waals surface area contributed by atoms with Gasteiger partial charge in [-0.25, -0.2) is 8.78 Å². The first-order valence-corrected chi connectivity index (χ1v) is 5.78. The zero-order chi connectivity index (χ0) is 13.5. The molecule has 3 nitrogen and oxygen atoms in total. The smallest absolute Gasteiger partial charge is 0.263 e. The van der Waals surface area contributed by atoms with Crippen LogP contribution in [0.2, 0.25) is 0 Å². The molecule has 0 saturated heterocycles. The molecule has 18 heavy (non-hydrogen) atoms. The van der Waals surface area contributed by atoms with E-state index in [2.05, 4.69) is 5.32 Å². The summed E-state index contributed by atoms with van der Waals surface area (Å²) in [4.78, 5) is 12.8. The number of amides is 1. The van der Waals surface area contributed by atoms with E-state index in [1.165, 1.54) is 12.1 Å². The van der Waals surface area contributed by atoms with E-state index >= 15 is 0 Å². The second-order valence-corrected chi connectivity index (χ2v) is 4.26. The van der Waals surface area contributed by atoms with E-state index in [1.807, 2.05) is 0 Å². The number of halogens is 2. The number of benzene rings is 1. The van der Waals surface area contributed by atoms with Gasteiger partial charge in [0, 0.05) is 39.2 Å². The number of carbonyl (C=O) groups is 1. The highest BCUT2D eigenvalue weighted by Crippen LogP contribution is 2.18. The van der Waals surface area contributed by atoms with Gasteiger partial charge in [0.05, 0.1) is 0 Å². The van der Waals surface area contributed by atoms with Gasteiger partial charge in [-0.1, -0.05) is 24.3 Å². The van der Waals surface area contributed by atoms with Crippen LogP contribution >= 0.6 is 0 Å². The van der Waals surface area contributed by atoms with Crippen LogP contribution in [0.3, 0.4) is 0 Å². The zero-order valence-corrected chi connectivity index (χ0v) is 10.6. The minimum Gasteiger partial charge on any atom is -0.349 e. The van der Waals surface area contributed by atoms with Gasteiger partial charge in [0.25, 0.3) is 6.43 Å². The first kappa shape index (κ1) is 14.6. The van der Waals surface area contributed by atoms with Gasteiger partial charge in [-0.15, -0.1) is 0 Å². The van der Waals surface area contributed by atoms with Crippen molar-refractivity contribution in [2.75, 3.05) is 20.6 Å². The Hall–Kier alpha value is -1.49. The minimum absolute atomic E-state index is 0.0292. The summed E-state index contributed by atoms with van der Waals surface area (Å²) in [5, 5.41) is 3.10. The van der Waals surface area contributed by atoms with Crippen molar-refractivity contribution < 1.29 is 13.6 Å². The van der Waals surface area contributed by atoms with Crippen molar-refractivity contribution in [3.8, 4) is 0 Å². The van der Waals surface area contributed by atoms with E-state index in [1.54, 1.807) is 31.1 Å². The third-order valence-electron chi connectivity index (χ3n) is 2.58.